The third-order valence-corrected chi connectivity index (χ3v) is 4.11. The molecule has 82 valence electrons. The minimum atomic E-state index is 0.338. The summed E-state index contributed by atoms with van der Waals surface area (Å²) in [6, 6.07) is 4.34. The van der Waals surface area contributed by atoms with Crippen molar-refractivity contribution < 1.29 is 0 Å². The lowest BCUT2D eigenvalue weighted by molar-refractivity contribution is 0.457. The lowest BCUT2D eigenvalue weighted by Crippen LogP contribution is -2.10. The van der Waals surface area contributed by atoms with Gasteiger partial charge in [0, 0.05) is 24.0 Å². The summed E-state index contributed by atoms with van der Waals surface area (Å²) in [5.41, 5.74) is 7.38. The van der Waals surface area contributed by atoms with Crippen molar-refractivity contribution in [3.63, 3.8) is 0 Å². The van der Waals surface area contributed by atoms with E-state index in [0.717, 1.165) is 5.69 Å². The van der Waals surface area contributed by atoms with E-state index in [2.05, 4.69) is 38.0 Å². The van der Waals surface area contributed by atoms with Gasteiger partial charge in [-0.25, -0.2) is 4.98 Å². The molecule has 0 aliphatic heterocycles. The Morgan fingerprint density at radius 2 is 1.87 bits per heavy atom. The largest absolute Gasteiger partial charge is 0.384 e. The van der Waals surface area contributed by atoms with Gasteiger partial charge in [0.1, 0.15) is 5.82 Å². The smallest absolute Gasteiger partial charge is 0.125 e. The minimum Gasteiger partial charge on any atom is -0.384 e. The van der Waals surface area contributed by atoms with Crippen molar-refractivity contribution in [3.8, 4) is 0 Å². The van der Waals surface area contributed by atoms with Gasteiger partial charge in [-0.2, -0.15) is 0 Å². The molecule has 1 aliphatic carbocycles. The molecule has 0 amide bonds. The van der Waals surface area contributed by atoms with Crippen LogP contribution in [0.15, 0.2) is 18.3 Å². The standard InChI is InChI=1S/C12H19N3/c1-11(2)10(12(11,3)4)15-8-5-6-14-9(13)7-8/h5-7,10H,1-4H3,(H3,13,14,15). The van der Waals surface area contributed by atoms with Crippen LogP contribution in [-0.4, -0.2) is 11.0 Å². The van der Waals surface area contributed by atoms with Gasteiger partial charge in [-0.05, 0) is 16.9 Å². The van der Waals surface area contributed by atoms with Gasteiger partial charge in [0.2, 0.25) is 0 Å². The highest BCUT2D eigenvalue weighted by molar-refractivity contribution is 5.52. The maximum Gasteiger partial charge on any atom is 0.125 e. The predicted molar refractivity (Wildman–Crippen MR) is 63.6 cm³/mol. The van der Waals surface area contributed by atoms with E-state index in [-0.39, 0.29) is 0 Å². The van der Waals surface area contributed by atoms with Crippen LogP contribution >= 0.6 is 0 Å². The molecule has 1 heterocycles. The van der Waals surface area contributed by atoms with Crippen molar-refractivity contribution in [1.29, 1.82) is 0 Å². The molecule has 1 fully saturated rings. The third-order valence-electron chi connectivity index (χ3n) is 4.11. The Balaban J connectivity index is 2.12. The van der Waals surface area contributed by atoms with Crippen LogP contribution in [0.1, 0.15) is 27.7 Å². The van der Waals surface area contributed by atoms with Gasteiger partial charge in [0.25, 0.3) is 0 Å². The summed E-state index contributed by atoms with van der Waals surface area (Å²) >= 11 is 0. The second-order valence-corrected chi connectivity index (χ2v) is 5.49. The fourth-order valence-corrected chi connectivity index (χ4v) is 2.26. The Bertz CT molecular complexity index is 368. The van der Waals surface area contributed by atoms with Crippen molar-refractivity contribution in [2.75, 3.05) is 11.1 Å². The van der Waals surface area contributed by atoms with E-state index in [0.29, 0.717) is 22.7 Å². The van der Waals surface area contributed by atoms with Crippen LogP contribution < -0.4 is 11.1 Å². The quantitative estimate of drug-likeness (QED) is 0.780. The van der Waals surface area contributed by atoms with Crippen molar-refractivity contribution in [2.45, 2.75) is 33.7 Å². The molecule has 0 saturated heterocycles. The molecule has 0 unspecified atom stereocenters. The average molecular weight is 205 g/mol. The molecule has 2 rings (SSSR count). The summed E-state index contributed by atoms with van der Waals surface area (Å²) in [5, 5.41) is 3.52. The van der Waals surface area contributed by atoms with Gasteiger partial charge in [-0.3, -0.25) is 0 Å². The number of rotatable bonds is 2. The number of hydrogen-bond acceptors (Lipinski definition) is 3. The van der Waals surface area contributed by atoms with Crippen molar-refractivity contribution in [1.82, 2.24) is 4.98 Å². The zero-order valence-electron chi connectivity index (χ0n) is 9.83. The highest BCUT2D eigenvalue weighted by atomic mass is 15.0. The maximum atomic E-state index is 5.64. The van der Waals surface area contributed by atoms with E-state index < -0.39 is 0 Å². The van der Waals surface area contributed by atoms with Crippen LogP contribution in [0.5, 0.6) is 0 Å². The van der Waals surface area contributed by atoms with Crippen LogP contribution in [-0.2, 0) is 0 Å². The van der Waals surface area contributed by atoms with Crippen molar-refractivity contribution >= 4 is 11.5 Å². The minimum absolute atomic E-state index is 0.338. The maximum absolute atomic E-state index is 5.64. The topological polar surface area (TPSA) is 50.9 Å². The van der Waals surface area contributed by atoms with Crippen LogP contribution in [0.4, 0.5) is 11.5 Å². The molecular formula is C12H19N3. The van der Waals surface area contributed by atoms with Crippen LogP contribution in [0.25, 0.3) is 0 Å². The first-order valence-corrected chi connectivity index (χ1v) is 5.34. The fraction of sp³-hybridized carbons (Fsp3) is 0.583. The van der Waals surface area contributed by atoms with Gasteiger partial charge in [-0.1, -0.05) is 27.7 Å². The molecule has 0 atom stereocenters. The van der Waals surface area contributed by atoms with E-state index >= 15 is 0 Å². The lowest BCUT2D eigenvalue weighted by atomic mass is 10.0. The summed E-state index contributed by atoms with van der Waals surface area (Å²) < 4.78 is 0. The van der Waals surface area contributed by atoms with E-state index in [1.165, 1.54) is 0 Å². The van der Waals surface area contributed by atoms with Gasteiger partial charge in [-0.15, -0.1) is 0 Å². The molecule has 1 aliphatic rings. The molecule has 3 nitrogen and oxygen atoms in total. The number of aromatic nitrogens is 1. The van der Waals surface area contributed by atoms with Gasteiger partial charge >= 0.3 is 0 Å². The summed E-state index contributed by atoms with van der Waals surface area (Å²) in [7, 11) is 0. The van der Waals surface area contributed by atoms with Crippen molar-refractivity contribution in [2.24, 2.45) is 10.8 Å². The Morgan fingerprint density at radius 3 is 2.33 bits per heavy atom. The normalized spacial score (nSPS) is 22.4. The number of nitrogens with two attached hydrogens (primary N) is 1. The SMILES string of the molecule is CC1(C)C(Nc2ccnc(N)c2)C1(C)C. The lowest BCUT2D eigenvalue weighted by Gasteiger charge is -2.08. The van der Waals surface area contributed by atoms with E-state index in [1.807, 2.05) is 12.1 Å². The van der Waals surface area contributed by atoms with Crippen molar-refractivity contribution in [3.05, 3.63) is 18.3 Å². The Hall–Kier alpha value is -1.25. The van der Waals surface area contributed by atoms with Gasteiger partial charge in [0.15, 0.2) is 0 Å². The summed E-state index contributed by atoms with van der Waals surface area (Å²) in [6.45, 7) is 9.15. The third kappa shape index (κ3) is 1.46. The molecule has 3 heteroatoms. The van der Waals surface area contributed by atoms with Gasteiger partial charge < -0.3 is 11.1 Å². The van der Waals surface area contributed by atoms with Gasteiger partial charge in [0.05, 0.1) is 0 Å². The Kier molecular flexibility index (Phi) is 1.97. The predicted octanol–water partition coefficient (Wildman–Crippen LogP) is 2.51. The Morgan fingerprint density at radius 1 is 1.27 bits per heavy atom. The first-order chi connectivity index (χ1) is 6.85. The van der Waals surface area contributed by atoms with E-state index in [9.17, 15) is 0 Å². The number of pyridine rings is 1. The highest BCUT2D eigenvalue weighted by Crippen LogP contribution is 2.63. The summed E-state index contributed by atoms with van der Waals surface area (Å²) in [5.74, 6) is 0.566. The second-order valence-electron chi connectivity index (χ2n) is 5.49. The number of anilines is 2. The number of nitrogens with zero attached hydrogens (tertiary/aromatic N) is 1. The first kappa shape index (κ1) is 10.3. The van der Waals surface area contributed by atoms with E-state index in [4.69, 9.17) is 5.73 Å². The number of hydrogen-bond donors (Lipinski definition) is 2. The molecule has 15 heavy (non-hydrogen) atoms. The molecule has 3 N–H and O–H groups in total. The Labute approximate surface area is 91.1 Å². The molecular weight excluding hydrogens is 186 g/mol. The summed E-state index contributed by atoms with van der Waals surface area (Å²) in [6.07, 6.45) is 1.74. The van der Waals surface area contributed by atoms with Crippen LogP contribution in [0, 0.1) is 10.8 Å². The molecule has 0 spiro atoms. The second kappa shape index (κ2) is 2.87. The molecule has 1 aromatic heterocycles. The molecule has 1 saturated carbocycles. The molecule has 0 aromatic carbocycles. The zero-order valence-corrected chi connectivity index (χ0v) is 9.83. The molecule has 1 aromatic rings. The first-order valence-electron chi connectivity index (χ1n) is 5.34. The van der Waals surface area contributed by atoms with Crippen LogP contribution in [0.3, 0.4) is 0 Å². The molecule has 0 bridgehead atoms. The molecule has 0 radical (unpaired) electrons. The fourth-order valence-electron chi connectivity index (χ4n) is 2.26. The zero-order chi connectivity index (χ0) is 11.3. The highest BCUT2D eigenvalue weighted by Gasteiger charge is 2.64. The number of nitrogens with one attached hydrogen (secondary N) is 1. The van der Waals surface area contributed by atoms with E-state index in [1.54, 1.807) is 6.20 Å². The van der Waals surface area contributed by atoms with Crippen LogP contribution in [0.2, 0.25) is 0 Å². The summed E-state index contributed by atoms with van der Waals surface area (Å²) in [4.78, 5) is 3.98. The monoisotopic (exact) mass is 205 g/mol. The number of nitrogen functional groups attached to an aromatic ring is 1. The average Bonchev–Trinajstić information content (AvgIpc) is 2.48.